The molecule has 2 nitrogen and oxygen atoms in total. The number of aliphatic hydroxyl groups is 2. The van der Waals surface area contributed by atoms with Crippen LogP contribution in [0, 0.1) is 11.8 Å². The van der Waals surface area contributed by atoms with Crippen LogP contribution < -0.4 is 0 Å². The second-order valence-electron chi connectivity index (χ2n) is 3.50. The van der Waals surface area contributed by atoms with Crippen LogP contribution in [0.3, 0.4) is 0 Å². The van der Waals surface area contributed by atoms with Gasteiger partial charge in [0.1, 0.15) is 0 Å². The molecule has 1 aliphatic rings. The third kappa shape index (κ3) is 1.82. The summed E-state index contributed by atoms with van der Waals surface area (Å²) in [5.74, 6) is 0.574. The molecule has 11 heavy (non-hydrogen) atoms. The van der Waals surface area contributed by atoms with E-state index < -0.39 is 12.2 Å². The Morgan fingerprint density at radius 2 is 2.00 bits per heavy atom. The molecule has 2 N–H and O–H groups in total. The van der Waals surface area contributed by atoms with Gasteiger partial charge in [-0.25, -0.2) is 0 Å². The van der Waals surface area contributed by atoms with Crippen molar-refractivity contribution in [3.05, 3.63) is 12.7 Å². The molecular weight excluding hydrogens is 140 g/mol. The van der Waals surface area contributed by atoms with Gasteiger partial charge in [0.2, 0.25) is 0 Å². The van der Waals surface area contributed by atoms with Crippen LogP contribution >= 0.6 is 0 Å². The molecule has 2 heteroatoms. The molecule has 0 bridgehead atoms. The molecule has 0 amide bonds. The summed E-state index contributed by atoms with van der Waals surface area (Å²) < 4.78 is 0. The van der Waals surface area contributed by atoms with Gasteiger partial charge in [0.05, 0.1) is 12.2 Å². The fourth-order valence-corrected chi connectivity index (χ4v) is 1.73. The van der Waals surface area contributed by atoms with E-state index >= 15 is 0 Å². The van der Waals surface area contributed by atoms with Crippen LogP contribution in [0.2, 0.25) is 0 Å². The van der Waals surface area contributed by atoms with Gasteiger partial charge in [0, 0.05) is 0 Å². The van der Waals surface area contributed by atoms with Crippen LogP contribution in [0.1, 0.15) is 19.8 Å². The van der Waals surface area contributed by atoms with Crippen molar-refractivity contribution in [3.8, 4) is 0 Å². The van der Waals surface area contributed by atoms with Crippen LogP contribution in [0.5, 0.6) is 0 Å². The van der Waals surface area contributed by atoms with Crippen molar-refractivity contribution >= 4 is 0 Å². The Morgan fingerprint density at radius 3 is 2.45 bits per heavy atom. The van der Waals surface area contributed by atoms with Crippen LogP contribution in [0.4, 0.5) is 0 Å². The summed E-state index contributed by atoms with van der Waals surface area (Å²) in [5, 5.41) is 18.7. The minimum Gasteiger partial charge on any atom is -0.390 e. The van der Waals surface area contributed by atoms with E-state index in [0.717, 1.165) is 6.42 Å². The Kier molecular flexibility index (Phi) is 2.68. The molecule has 1 saturated carbocycles. The second-order valence-corrected chi connectivity index (χ2v) is 3.50. The molecule has 0 aromatic carbocycles. The lowest BCUT2D eigenvalue weighted by molar-refractivity contribution is -0.0498. The minimum absolute atomic E-state index is 0.196. The average Bonchev–Trinajstić information content (AvgIpc) is 1.99. The molecule has 0 aromatic heterocycles. The van der Waals surface area contributed by atoms with Crippen molar-refractivity contribution in [1.29, 1.82) is 0 Å². The quantitative estimate of drug-likeness (QED) is 0.555. The van der Waals surface area contributed by atoms with Crippen LogP contribution in [-0.2, 0) is 0 Å². The predicted octanol–water partition coefficient (Wildman–Crippen LogP) is 0.940. The highest BCUT2D eigenvalue weighted by atomic mass is 16.3. The fraction of sp³-hybridized carbons (Fsp3) is 0.778. The Hall–Kier alpha value is -0.340. The van der Waals surface area contributed by atoms with Gasteiger partial charge in [0.15, 0.2) is 0 Å². The van der Waals surface area contributed by atoms with Gasteiger partial charge in [-0.15, -0.1) is 6.58 Å². The average molecular weight is 156 g/mol. The lowest BCUT2D eigenvalue weighted by atomic mass is 9.79. The van der Waals surface area contributed by atoms with Gasteiger partial charge >= 0.3 is 0 Å². The molecule has 0 aliphatic heterocycles. The fourth-order valence-electron chi connectivity index (χ4n) is 1.73. The molecule has 1 rings (SSSR count). The minimum atomic E-state index is -0.554. The van der Waals surface area contributed by atoms with E-state index in [1.165, 1.54) is 0 Å². The maximum absolute atomic E-state index is 9.38. The summed E-state index contributed by atoms with van der Waals surface area (Å²) in [6.45, 7) is 5.65. The topological polar surface area (TPSA) is 40.5 Å². The van der Waals surface area contributed by atoms with E-state index in [4.69, 9.17) is 0 Å². The number of hydrogen-bond donors (Lipinski definition) is 2. The van der Waals surface area contributed by atoms with E-state index in [9.17, 15) is 10.2 Å². The summed E-state index contributed by atoms with van der Waals surface area (Å²) in [6.07, 6.45) is 2.38. The number of allylic oxidation sites excluding steroid dienone is 1. The van der Waals surface area contributed by atoms with Gasteiger partial charge < -0.3 is 10.2 Å². The molecule has 0 saturated heterocycles. The highest BCUT2D eigenvalue weighted by molar-refractivity contribution is 4.91. The Labute approximate surface area is 67.6 Å². The van der Waals surface area contributed by atoms with Crippen LogP contribution in [-0.4, -0.2) is 22.4 Å². The molecule has 1 aliphatic carbocycles. The standard InChI is InChI=1S/C9H16O2/c1-3-7-4-6(2)9(11)8(10)5-7/h3,6-11H,1,4-5H2,2H3. The van der Waals surface area contributed by atoms with Crippen molar-refractivity contribution in [2.75, 3.05) is 0 Å². The molecule has 0 aromatic rings. The highest BCUT2D eigenvalue weighted by Gasteiger charge is 2.31. The maximum Gasteiger partial charge on any atom is 0.0824 e. The first-order valence-electron chi connectivity index (χ1n) is 4.13. The lowest BCUT2D eigenvalue weighted by Crippen LogP contribution is -2.39. The molecule has 0 heterocycles. The van der Waals surface area contributed by atoms with Crippen LogP contribution in [0.15, 0.2) is 12.7 Å². The molecule has 0 radical (unpaired) electrons. The van der Waals surface area contributed by atoms with Crippen molar-refractivity contribution in [3.63, 3.8) is 0 Å². The SMILES string of the molecule is C=CC1CC(C)C(O)C(O)C1. The van der Waals surface area contributed by atoms with E-state index in [1.807, 2.05) is 13.0 Å². The van der Waals surface area contributed by atoms with E-state index in [1.54, 1.807) is 0 Å². The zero-order chi connectivity index (χ0) is 8.43. The Balaban J connectivity index is 2.54. The zero-order valence-corrected chi connectivity index (χ0v) is 6.90. The smallest absolute Gasteiger partial charge is 0.0824 e. The third-order valence-corrected chi connectivity index (χ3v) is 2.53. The first-order chi connectivity index (χ1) is 5.15. The van der Waals surface area contributed by atoms with E-state index in [-0.39, 0.29) is 5.92 Å². The number of aliphatic hydroxyl groups excluding tert-OH is 2. The van der Waals surface area contributed by atoms with Crippen molar-refractivity contribution < 1.29 is 10.2 Å². The molecule has 4 unspecified atom stereocenters. The summed E-state index contributed by atoms with van der Waals surface area (Å²) >= 11 is 0. The van der Waals surface area contributed by atoms with Crippen molar-refractivity contribution in [2.45, 2.75) is 32.0 Å². The van der Waals surface area contributed by atoms with Gasteiger partial charge in [-0.05, 0) is 24.7 Å². The number of hydrogen-bond acceptors (Lipinski definition) is 2. The van der Waals surface area contributed by atoms with Gasteiger partial charge in [-0.3, -0.25) is 0 Å². The van der Waals surface area contributed by atoms with E-state index in [2.05, 4.69) is 6.58 Å². The number of rotatable bonds is 1. The monoisotopic (exact) mass is 156 g/mol. The molecule has 64 valence electrons. The Bertz CT molecular complexity index is 132. The second kappa shape index (κ2) is 3.37. The summed E-state index contributed by atoms with van der Waals surface area (Å²) in [4.78, 5) is 0. The largest absolute Gasteiger partial charge is 0.390 e. The summed E-state index contributed by atoms with van der Waals surface area (Å²) in [5.41, 5.74) is 0. The first-order valence-corrected chi connectivity index (χ1v) is 4.13. The van der Waals surface area contributed by atoms with Gasteiger partial charge in [-0.1, -0.05) is 13.0 Å². The highest BCUT2D eigenvalue weighted by Crippen LogP contribution is 2.29. The molecule has 1 fully saturated rings. The first kappa shape index (κ1) is 8.75. The normalized spacial score (nSPS) is 45.4. The zero-order valence-electron chi connectivity index (χ0n) is 6.90. The Morgan fingerprint density at radius 1 is 1.36 bits per heavy atom. The molecular formula is C9H16O2. The summed E-state index contributed by atoms with van der Waals surface area (Å²) in [6, 6.07) is 0. The molecule has 0 spiro atoms. The maximum atomic E-state index is 9.38. The molecule has 4 atom stereocenters. The lowest BCUT2D eigenvalue weighted by Gasteiger charge is -2.33. The third-order valence-electron chi connectivity index (χ3n) is 2.53. The van der Waals surface area contributed by atoms with Gasteiger partial charge in [-0.2, -0.15) is 0 Å². The van der Waals surface area contributed by atoms with Crippen molar-refractivity contribution in [2.24, 2.45) is 11.8 Å². The van der Waals surface area contributed by atoms with Crippen LogP contribution in [0.25, 0.3) is 0 Å². The van der Waals surface area contributed by atoms with Crippen molar-refractivity contribution in [1.82, 2.24) is 0 Å². The van der Waals surface area contributed by atoms with E-state index in [0.29, 0.717) is 12.3 Å². The predicted molar refractivity (Wildman–Crippen MR) is 44.1 cm³/mol. The summed E-state index contributed by atoms with van der Waals surface area (Å²) in [7, 11) is 0. The van der Waals surface area contributed by atoms with Gasteiger partial charge in [0.25, 0.3) is 0 Å².